The second kappa shape index (κ2) is 12.1. The maximum Gasteiger partial charge on any atom is 0.253 e. The monoisotopic (exact) mass is 471 g/mol. The highest BCUT2D eigenvalue weighted by molar-refractivity contribution is 7.09. The second-order valence-electron chi connectivity index (χ2n) is 7.79. The molecule has 1 atom stereocenters. The third kappa shape index (κ3) is 6.39. The van der Waals surface area contributed by atoms with Crippen molar-refractivity contribution in [3.63, 3.8) is 0 Å². The van der Waals surface area contributed by atoms with Crippen LogP contribution in [-0.2, 0) is 4.74 Å². The van der Waals surface area contributed by atoms with Crippen molar-refractivity contribution in [1.82, 2.24) is 15.2 Å². The molecule has 3 rings (SSSR count). The van der Waals surface area contributed by atoms with E-state index in [4.69, 9.17) is 16.3 Å². The van der Waals surface area contributed by atoms with Crippen LogP contribution in [-0.4, -0.2) is 48.1 Å². The van der Waals surface area contributed by atoms with Gasteiger partial charge in [0.15, 0.2) is 0 Å². The van der Waals surface area contributed by atoms with Gasteiger partial charge in [-0.15, -0.1) is 11.3 Å². The van der Waals surface area contributed by atoms with Crippen LogP contribution in [0, 0.1) is 6.92 Å². The van der Waals surface area contributed by atoms with E-state index in [9.17, 15) is 4.79 Å². The number of carbonyl (C=O) groups excluding carboxylic acids is 1. The number of benzene rings is 1. The van der Waals surface area contributed by atoms with Crippen molar-refractivity contribution in [2.24, 2.45) is 0 Å². The molecule has 170 valence electrons. The molecule has 7 heteroatoms. The fourth-order valence-electron chi connectivity index (χ4n) is 3.89. The number of hydrogen-bond acceptors (Lipinski definition) is 5. The van der Waals surface area contributed by atoms with Crippen molar-refractivity contribution in [3.05, 3.63) is 87.9 Å². The maximum atomic E-state index is 12.9. The molecule has 5 nitrogen and oxygen atoms in total. The number of carbonyl (C=O) groups is 1. The highest BCUT2D eigenvalue weighted by Crippen LogP contribution is 2.28. The number of hydrogen-bond donors (Lipinski definition) is 1. The van der Waals surface area contributed by atoms with Crippen molar-refractivity contribution in [1.29, 1.82) is 0 Å². The predicted molar refractivity (Wildman–Crippen MR) is 132 cm³/mol. The molecule has 0 radical (unpaired) electrons. The Hall–Kier alpha value is -2.25. The largest absolute Gasteiger partial charge is 0.373 e. The van der Waals surface area contributed by atoms with Crippen molar-refractivity contribution < 1.29 is 9.53 Å². The molecule has 1 aliphatic heterocycles. The maximum absolute atomic E-state index is 12.9. The molecule has 0 saturated carbocycles. The second-order valence-corrected chi connectivity index (χ2v) is 9.11. The van der Waals surface area contributed by atoms with Crippen LogP contribution in [0.2, 0.25) is 5.02 Å². The molecule has 1 aliphatic rings. The third-order valence-corrected chi connectivity index (χ3v) is 6.87. The molecule has 1 aromatic heterocycles. The molecule has 0 spiro atoms. The summed E-state index contributed by atoms with van der Waals surface area (Å²) < 4.78 is 6.08. The highest BCUT2D eigenvalue weighted by Gasteiger charge is 2.28. The zero-order valence-electron chi connectivity index (χ0n) is 18.4. The molecular formula is C25H30ClN3O2S. The van der Waals surface area contributed by atoms with Crippen molar-refractivity contribution in [3.8, 4) is 0 Å². The van der Waals surface area contributed by atoms with E-state index in [-0.39, 0.29) is 18.1 Å². The lowest BCUT2D eigenvalue weighted by atomic mass is 10.0. The number of allylic oxidation sites excluding steroid dienone is 2. The topological polar surface area (TPSA) is 54.5 Å². The van der Waals surface area contributed by atoms with Crippen LogP contribution in [0.25, 0.3) is 0 Å². The van der Waals surface area contributed by atoms with Gasteiger partial charge in [0.05, 0.1) is 34.8 Å². The number of thiazole rings is 1. The van der Waals surface area contributed by atoms with Gasteiger partial charge < -0.3 is 10.1 Å². The van der Waals surface area contributed by atoms with Gasteiger partial charge in [0.1, 0.15) is 0 Å². The number of piperidine rings is 1. The van der Waals surface area contributed by atoms with E-state index in [1.54, 1.807) is 29.6 Å². The molecule has 0 aliphatic carbocycles. The van der Waals surface area contributed by atoms with Crippen LogP contribution >= 0.6 is 22.9 Å². The quantitative estimate of drug-likeness (QED) is 0.474. The van der Waals surface area contributed by atoms with E-state index in [2.05, 4.69) is 28.4 Å². The van der Waals surface area contributed by atoms with Crippen LogP contribution < -0.4 is 5.32 Å². The minimum atomic E-state index is -0.146. The highest BCUT2D eigenvalue weighted by atomic mass is 35.5. The summed E-state index contributed by atoms with van der Waals surface area (Å²) in [7, 11) is 0. The summed E-state index contributed by atoms with van der Waals surface area (Å²) >= 11 is 7.89. The zero-order chi connectivity index (χ0) is 22.9. The fourth-order valence-corrected chi connectivity index (χ4v) is 4.95. The summed E-state index contributed by atoms with van der Waals surface area (Å²) in [4.78, 5) is 20.7. The van der Waals surface area contributed by atoms with Gasteiger partial charge in [0.2, 0.25) is 0 Å². The average Bonchev–Trinajstić information content (AvgIpc) is 3.32. The first-order valence-corrected chi connectivity index (χ1v) is 12.0. The molecule has 1 amide bonds. The van der Waals surface area contributed by atoms with E-state index in [1.807, 2.05) is 36.8 Å². The van der Waals surface area contributed by atoms with E-state index < -0.39 is 0 Å². The summed E-state index contributed by atoms with van der Waals surface area (Å²) in [6.45, 7) is 12.3. The number of halogens is 1. The van der Waals surface area contributed by atoms with Crippen LogP contribution in [0.1, 0.15) is 39.7 Å². The standard InChI is InChI=1S/C25H30ClN3O2S/c1-4-7-19(5-2)16-31-20-10-12-29(13-11-20)22(23-15-27-17-32-23)14-28-25(30)24-18(3)8-6-9-21(24)26/h4-9,15,17,20,22H,1-2,10-14,16H2,3H3,(H,28,30)/b19-7+. The molecule has 1 aromatic carbocycles. The van der Waals surface area contributed by atoms with Crippen molar-refractivity contribution in [2.75, 3.05) is 26.2 Å². The Kier molecular flexibility index (Phi) is 9.23. The Morgan fingerprint density at radius 2 is 2.19 bits per heavy atom. The van der Waals surface area contributed by atoms with Crippen molar-refractivity contribution >= 4 is 28.8 Å². The van der Waals surface area contributed by atoms with Gasteiger partial charge in [-0.25, -0.2) is 0 Å². The molecule has 2 aromatic rings. The summed E-state index contributed by atoms with van der Waals surface area (Å²) in [6, 6.07) is 5.57. The zero-order valence-corrected chi connectivity index (χ0v) is 20.0. The van der Waals surface area contributed by atoms with Crippen LogP contribution in [0.5, 0.6) is 0 Å². The number of likely N-dealkylation sites (tertiary alicyclic amines) is 1. The number of ether oxygens (including phenoxy) is 1. The normalized spacial score (nSPS) is 16.5. The number of aryl methyl sites for hydroxylation is 1. The molecular weight excluding hydrogens is 442 g/mol. The van der Waals surface area contributed by atoms with Gasteiger partial charge in [0.25, 0.3) is 5.91 Å². The van der Waals surface area contributed by atoms with Gasteiger partial charge in [-0.1, -0.05) is 55.1 Å². The average molecular weight is 472 g/mol. The first-order chi connectivity index (χ1) is 15.5. The molecule has 1 fully saturated rings. The summed E-state index contributed by atoms with van der Waals surface area (Å²) in [5, 5.41) is 3.57. The number of amides is 1. The van der Waals surface area contributed by atoms with E-state index in [1.165, 1.54) is 0 Å². The number of rotatable bonds is 10. The lowest BCUT2D eigenvalue weighted by Gasteiger charge is -2.37. The van der Waals surface area contributed by atoms with E-state index in [0.717, 1.165) is 41.9 Å². The van der Waals surface area contributed by atoms with Crippen LogP contribution in [0.4, 0.5) is 0 Å². The molecule has 1 saturated heterocycles. The smallest absolute Gasteiger partial charge is 0.253 e. The molecule has 1 unspecified atom stereocenters. The number of nitrogens with one attached hydrogen (secondary N) is 1. The number of aromatic nitrogens is 1. The van der Waals surface area contributed by atoms with Crippen LogP contribution in [0.15, 0.2) is 66.9 Å². The first-order valence-electron chi connectivity index (χ1n) is 10.7. The van der Waals surface area contributed by atoms with Gasteiger partial charge >= 0.3 is 0 Å². The Bertz CT molecular complexity index is 930. The Morgan fingerprint density at radius 3 is 2.81 bits per heavy atom. The SMILES string of the molecule is C=C/C=C(\C=C)COC1CCN(C(CNC(=O)c2c(C)cccc2Cl)c2cncs2)CC1. The van der Waals surface area contributed by atoms with E-state index >= 15 is 0 Å². The van der Waals surface area contributed by atoms with Gasteiger partial charge in [0, 0.05) is 30.7 Å². The summed E-state index contributed by atoms with van der Waals surface area (Å²) in [6.07, 6.45) is 9.45. The molecule has 0 bridgehead atoms. The van der Waals surface area contributed by atoms with Crippen LogP contribution in [0.3, 0.4) is 0 Å². The number of nitrogens with zero attached hydrogens (tertiary/aromatic N) is 2. The molecule has 32 heavy (non-hydrogen) atoms. The van der Waals surface area contributed by atoms with Gasteiger partial charge in [-0.3, -0.25) is 14.7 Å². The van der Waals surface area contributed by atoms with E-state index in [0.29, 0.717) is 23.7 Å². The third-order valence-electron chi connectivity index (χ3n) is 5.68. The lowest BCUT2D eigenvalue weighted by Crippen LogP contribution is -2.43. The Morgan fingerprint density at radius 1 is 1.41 bits per heavy atom. The minimum Gasteiger partial charge on any atom is -0.373 e. The predicted octanol–water partition coefficient (Wildman–Crippen LogP) is 5.36. The summed E-state index contributed by atoms with van der Waals surface area (Å²) in [5.74, 6) is -0.146. The lowest BCUT2D eigenvalue weighted by molar-refractivity contribution is 0.00896. The molecule has 2 heterocycles. The van der Waals surface area contributed by atoms with Crippen molar-refractivity contribution in [2.45, 2.75) is 31.9 Å². The fraction of sp³-hybridized carbons (Fsp3) is 0.360. The molecule has 1 N–H and O–H groups in total. The summed E-state index contributed by atoms with van der Waals surface area (Å²) in [5.41, 5.74) is 4.27. The first kappa shape index (κ1) is 24.4. The minimum absolute atomic E-state index is 0.0691. The van der Waals surface area contributed by atoms with Gasteiger partial charge in [-0.05, 0) is 37.0 Å². The Labute approximate surface area is 199 Å². The van der Waals surface area contributed by atoms with Gasteiger partial charge in [-0.2, -0.15) is 0 Å². The Balaban J connectivity index is 1.60.